The normalized spacial score (nSPS) is 28.3. The SMILES string of the molecule is COC1C=COC2(C)Oc3c(C)c(O)c4c(O)c(c(C=NN5CCCN(Cc6ccccc6)CC5)c(O)c4c3C2=O)NC(=O)C(C)=CC=CC(C)C(O)C(C)C(O)C(C)C(OC(C)=O)C1C. The maximum Gasteiger partial charge on any atom is 0.312 e. The third-order valence-corrected chi connectivity index (χ3v) is 13.2. The third-order valence-electron chi connectivity index (χ3n) is 13.2. The zero-order chi connectivity index (χ0) is 48.2. The number of carbonyl (C=O) groups is 3. The van der Waals surface area contributed by atoms with Crippen LogP contribution in [0.2, 0.25) is 0 Å². The lowest BCUT2D eigenvalue weighted by molar-refractivity contribution is -0.160. The van der Waals surface area contributed by atoms with E-state index in [4.69, 9.17) is 24.0 Å². The zero-order valence-electron chi connectivity index (χ0n) is 39.1. The number of nitrogens with one attached hydrogen (secondary N) is 1. The van der Waals surface area contributed by atoms with Crippen LogP contribution in [-0.4, -0.2) is 123 Å². The smallest absolute Gasteiger partial charge is 0.312 e. The molecule has 356 valence electrons. The van der Waals surface area contributed by atoms with Crippen LogP contribution in [0.5, 0.6) is 23.0 Å². The van der Waals surface area contributed by atoms with Crippen LogP contribution in [-0.2, 0) is 30.3 Å². The number of aliphatic hydroxyl groups excluding tert-OH is 2. The molecule has 5 bridgehead atoms. The first-order valence-electron chi connectivity index (χ1n) is 22.4. The number of esters is 1. The van der Waals surface area contributed by atoms with Crippen molar-refractivity contribution in [1.82, 2.24) is 9.91 Å². The fourth-order valence-corrected chi connectivity index (χ4v) is 9.08. The molecule has 7 rings (SSSR count). The van der Waals surface area contributed by atoms with E-state index in [0.29, 0.717) is 19.6 Å². The minimum absolute atomic E-state index is 0.0533. The molecule has 66 heavy (non-hydrogen) atoms. The van der Waals surface area contributed by atoms with Crippen LogP contribution in [0.3, 0.4) is 0 Å². The van der Waals surface area contributed by atoms with Crippen LogP contribution in [0.15, 0.2) is 71.6 Å². The number of anilines is 1. The van der Waals surface area contributed by atoms with Crippen molar-refractivity contribution in [2.75, 3.05) is 38.6 Å². The molecule has 4 aliphatic heterocycles. The standard InChI is InChI=1S/C50H64N4O12/c1-27-15-13-16-28(2)49(62)52-40-35(25-51-54-21-14-20-53(22-23-54)26-34-17-11-10-12-18-34)44(59)37-38(45(40)60)43(58)32(6)47-39(37)48(61)50(8,66-47)64-24-19-36(63-9)29(3)46(65-33(7)55)31(5)42(57)30(4)41(27)56/h10-13,15-19,24-25,27,29-31,36,41-42,46,56-60H,14,20-23,26H2,1-9H3,(H,52,62). The van der Waals surface area contributed by atoms with E-state index in [0.717, 1.165) is 19.5 Å². The van der Waals surface area contributed by atoms with Gasteiger partial charge in [-0.25, -0.2) is 0 Å². The summed E-state index contributed by atoms with van der Waals surface area (Å²) < 4.78 is 23.8. The zero-order valence-corrected chi connectivity index (χ0v) is 39.1. The van der Waals surface area contributed by atoms with Gasteiger partial charge in [-0.15, -0.1) is 0 Å². The van der Waals surface area contributed by atoms with E-state index in [2.05, 4.69) is 22.3 Å². The lowest BCUT2D eigenvalue weighted by Gasteiger charge is -2.38. The van der Waals surface area contributed by atoms with Gasteiger partial charge in [0.25, 0.3) is 11.7 Å². The second-order valence-electron chi connectivity index (χ2n) is 17.9. The van der Waals surface area contributed by atoms with E-state index in [1.165, 1.54) is 65.0 Å². The Hall–Kier alpha value is -5.94. The number of hydrazone groups is 1. The lowest BCUT2D eigenvalue weighted by atomic mass is 9.78. The van der Waals surface area contributed by atoms with Gasteiger partial charge in [-0.1, -0.05) is 76.3 Å². The Balaban J connectivity index is 1.47. The van der Waals surface area contributed by atoms with Gasteiger partial charge in [-0.05, 0) is 31.9 Å². The minimum Gasteiger partial charge on any atom is -0.507 e. The van der Waals surface area contributed by atoms with Crippen molar-refractivity contribution in [2.45, 2.75) is 98.6 Å². The molecule has 6 N–H and O–H groups in total. The van der Waals surface area contributed by atoms with Gasteiger partial charge in [0.2, 0.25) is 0 Å². The number of ether oxygens (including phenoxy) is 4. The van der Waals surface area contributed by atoms with E-state index in [1.54, 1.807) is 39.8 Å². The number of rotatable bonds is 6. The summed E-state index contributed by atoms with van der Waals surface area (Å²) in [6.45, 7) is 15.9. The maximum absolute atomic E-state index is 14.6. The molecule has 1 fully saturated rings. The van der Waals surface area contributed by atoms with Crippen molar-refractivity contribution in [3.63, 3.8) is 0 Å². The molecule has 0 aliphatic carbocycles. The molecule has 0 saturated carbocycles. The Labute approximate surface area is 385 Å². The number of nitrogens with zero attached hydrogens (tertiary/aromatic N) is 3. The number of hydrogen-bond donors (Lipinski definition) is 6. The summed E-state index contributed by atoms with van der Waals surface area (Å²) in [5.74, 6) is -8.41. The van der Waals surface area contributed by atoms with E-state index in [1.807, 2.05) is 23.2 Å². The summed E-state index contributed by atoms with van der Waals surface area (Å²) in [7, 11) is 1.44. The number of aliphatic hydroxyl groups is 2. The number of aromatic hydroxyl groups is 3. The monoisotopic (exact) mass is 912 g/mol. The number of methoxy groups -OCH3 is 1. The van der Waals surface area contributed by atoms with Crippen LogP contribution in [0.1, 0.15) is 81.9 Å². The Morgan fingerprint density at radius 3 is 2.32 bits per heavy atom. The fourth-order valence-electron chi connectivity index (χ4n) is 9.08. The Bertz CT molecular complexity index is 2420. The summed E-state index contributed by atoms with van der Waals surface area (Å²) in [5, 5.41) is 67.8. The first kappa shape index (κ1) is 49.5. The van der Waals surface area contributed by atoms with Gasteiger partial charge in [0.1, 0.15) is 23.4 Å². The van der Waals surface area contributed by atoms with Crippen LogP contribution in [0, 0.1) is 30.6 Å². The van der Waals surface area contributed by atoms with Crippen LogP contribution < -0.4 is 10.1 Å². The number of benzene rings is 3. The van der Waals surface area contributed by atoms with Crippen molar-refractivity contribution >= 4 is 40.3 Å². The molecule has 3 aromatic rings. The van der Waals surface area contributed by atoms with Gasteiger partial charge < -0.3 is 49.8 Å². The molecule has 3 aromatic carbocycles. The minimum atomic E-state index is -2.06. The average Bonchev–Trinajstić information content (AvgIpc) is 3.39. The first-order valence-corrected chi connectivity index (χ1v) is 22.4. The predicted octanol–water partition coefficient (Wildman–Crippen LogP) is 6.30. The largest absolute Gasteiger partial charge is 0.507 e. The number of phenols is 3. The number of fused-ring (bicyclic) bond motifs is 14. The molecule has 1 amide bonds. The molecule has 4 aliphatic rings. The predicted molar refractivity (Wildman–Crippen MR) is 249 cm³/mol. The highest BCUT2D eigenvalue weighted by molar-refractivity contribution is 6.23. The van der Waals surface area contributed by atoms with Crippen molar-refractivity contribution in [3.8, 4) is 23.0 Å². The van der Waals surface area contributed by atoms with E-state index < -0.39 is 88.8 Å². The number of Topliss-reactive ketones (excluding diaryl/α,β-unsaturated/α-hetero) is 1. The molecule has 1 saturated heterocycles. The highest BCUT2D eigenvalue weighted by Gasteiger charge is 2.50. The van der Waals surface area contributed by atoms with Crippen molar-refractivity contribution < 1.29 is 58.9 Å². The van der Waals surface area contributed by atoms with Crippen LogP contribution in [0.25, 0.3) is 10.8 Å². The molecule has 4 heterocycles. The van der Waals surface area contributed by atoms with Crippen LogP contribution in [0.4, 0.5) is 5.69 Å². The van der Waals surface area contributed by atoms with Crippen molar-refractivity contribution in [3.05, 3.63) is 88.7 Å². The summed E-state index contributed by atoms with van der Waals surface area (Å²) in [4.78, 5) is 43.2. The number of hydrogen-bond acceptors (Lipinski definition) is 15. The molecule has 0 radical (unpaired) electrons. The number of phenolic OH excluding ortho intramolecular Hbond substituents is 3. The topological polar surface area (TPSA) is 220 Å². The highest BCUT2D eigenvalue weighted by Crippen LogP contribution is 2.55. The summed E-state index contributed by atoms with van der Waals surface area (Å²) in [6.07, 6.45) is 5.67. The molecule has 0 spiro atoms. The first-order chi connectivity index (χ1) is 31.3. The third kappa shape index (κ3) is 10.2. The van der Waals surface area contributed by atoms with Gasteiger partial charge >= 0.3 is 11.8 Å². The molecule has 16 nitrogen and oxygen atoms in total. The number of carbonyl (C=O) groups excluding carboxylic acids is 3. The lowest BCUT2D eigenvalue weighted by Crippen LogP contribution is -2.46. The van der Waals surface area contributed by atoms with Gasteiger partial charge in [-0.2, -0.15) is 5.10 Å². The van der Waals surface area contributed by atoms with Crippen molar-refractivity contribution in [2.24, 2.45) is 28.8 Å². The summed E-state index contributed by atoms with van der Waals surface area (Å²) >= 11 is 0. The van der Waals surface area contributed by atoms with Gasteiger partial charge in [0.05, 0.1) is 53.0 Å². The average molecular weight is 913 g/mol. The molecule has 16 heteroatoms. The quantitative estimate of drug-likeness (QED) is 0.0693. The Morgan fingerprint density at radius 1 is 0.924 bits per heavy atom. The van der Waals surface area contributed by atoms with E-state index >= 15 is 0 Å². The molecular formula is C50H64N4O12. The summed E-state index contributed by atoms with van der Waals surface area (Å²) in [5.41, 5.74) is 0.823. The van der Waals surface area contributed by atoms with E-state index in [9.17, 15) is 39.9 Å². The number of amides is 1. The number of ketones is 1. The number of allylic oxidation sites excluding steroid dienone is 2. The molecule has 0 aromatic heterocycles. The molecule has 9 atom stereocenters. The fraction of sp³-hybridized carbons (Fsp3) is 0.480. The highest BCUT2D eigenvalue weighted by atomic mass is 16.7. The van der Waals surface area contributed by atoms with Crippen molar-refractivity contribution in [1.29, 1.82) is 0 Å². The Morgan fingerprint density at radius 2 is 1.64 bits per heavy atom. The van der Waals surface area contributed by atoms with Gasteiger partial charge in [0.15, 0.2) is 5.75 Å². The summed E-state index contributed by atoms with van der Waals surface area (Å²) in [6, 6.07) is 10.1. The second kappa shape index (κ2) is 20.7. The Kier molecular flexibility index (Phi) is 15.5. The molecular weight excluding hydrogens is 849 g/mol. The second-order valence-corrected chi connectivity index (χ2v) is 17.9. The van der Waals surface area contributed by atoms with Gasteiger partial charge in [0, 0.05) is 93.9 Å². The van der Waals surface area contributed by atoms with Gasteiger partial charge in [-0.3, -0.25) is 24.3 Å². The van der Waals surface area contributed by atoms with Crippen LogP contribution >= 0.6 is 0 Å². The van der Waals surface area contributed by atoms with E-state index in [-0.39, 0.29) is 44.5 Å². The molecule has 9 unspecified atom stereocenters. The maximum atomic E-state index is 14.6.